The van der Waals surface area contributed by atoms with Crippen LogP contribution in [-0.2, 0) is 16.8 Å². The summed E-state index contributed by atoms with van der Waals surface area (Å²) in [6, 6.07) is 24.1. The molecule has 2 amide bonds. The number of carbonyl (C=O) groups excluding carboxylic acids is 2. The van der Waals surface area contributed by atoms with E-state index in [4.69, 9.17) is 9.47 Å². The lowest BCUT2D eigenvalue weighted by molar-refractivity contribution is -0.123. The third-order valence-corrected chi connectivity index (χ3v) is 4.77. The number of benzene rings is 3. The summed E-state index contributed by atoms with van der Waals surface area (Å²) in [6.07, 6.45) is 0. The Labute approximate surface area is 188 Å². The molecule has 0 aliphatic rings. The summed E-state index contributed by atoms with van der Waals surface area (Å²) in [4.78, 5) is 24.2. The van der Waals surface area contributed by atoms with E-state index in [0.29, 0.717) is 23.7 Å². The van der Waals surface area contributed by atoms with Gasteiger partial charge < -0.3 is 9.47 Å². The van der Waals surface area contributed by atoms with Crippen LogP contribution in [0.2, 0.25) is 0 Å². The van der Waals surface area contributed by atoms with Crippen LogP contribution in [0, 0.1) is 0 Å². The Morgan fingerprint density at radius 3 is 1.97 bits per heavy atom. The lowest BCUT2D eigenvalue weighted by Crippen LogP contribution is -2.43. The van der Waals surface area contributed by atoms with Crippen molar-refractivity contribution in [2.45, 2.75) is 32.8 Å². The molecule has 0 bridgehead atoms. The highest BCUT2D eigenvalue weighted by Gasteiger charge is 2.13. The summed E-state index contributed by atoms with van der Waals surface area (Å²) < 4.78 is 11.2. The van der Waals surface area contributed by atoms with E-state index < -0.39 is 11.8 Å². The topological polar surface area (TPSA) is 76.7 Å². The van der Waals surface area contributed by atoms with E-state index in [1.807, 2.05) is 54.6 Å². The number of hydrazine groups is 1. The van der Waals surface area contributed by atoms with Gasteiger partial charge in [0.05, 0.1) is 0 Å². The van der Waals surface area contributed by atoms with Crippen molar-refractivity contribution >= 4 is 11.8 Å². The predicted octanol–water partition coefficient (Wildman–Crippen LogP) is 4.40. The molecule has 32 heavy (non-hydrogen) atoms. The number of carbonyl (C=O) groups is 2. The van der Waals surface area contributed by atoms with E-state index in [0.717, 1.165) is 5.56 Å². The monoisotopic (exact) mass is 432 g/mol. The van der Waals surface area contributed by atoms with Crippen molar-refractivity contribution in [1.29, 1.82) is 0 Å². The second kappa shape index (κ2) is 10.5. The standard InChI is InChI=1S/C26H28N2O4/c1-26(2,3)21-11-15-23(16-12-21)32-18-24(29)27-28-25(30)20-9-13-22(14-10-20)31-17-19-7-5-4-6-8-19/h4-16H,17-18H2,1-3H3,(H,27,29)(H,28,30). The molecule has 0 saturated heterocycles. The van der Waals surface area contributed by atoms with Crippen molar-refractivity contribution in [2.24, 2.45) is 0 Å². The molecule has 0 aliphatic heterocycles. The molecule has 6 nitrogen and oxygen atoms in total. The average molecular weight is 433 g/mol. The summed E-state index contributed by atoms with van der Waals surface area (Å²) in [5, 5.41) is 0. The molecule has 0 unspecified atom stereocenters. The van der Waals surface area contributed by atoms with Gasteiger partial charge in [0.15, 0.2) is 6.61 Å². The minimum absolute atomic E-state index is 0.0480. The zero-order valence-corrected chi connectivity index (χ0v) is 18.6. The molecule has 166 valence electrons. The molecule has 6 heteroatoms. The Morgan fingerprint density at radius 1 is 0.750 bits per heavy atom. The van der Waals surface area contributed by atoms with Gasteiger partial charge in [0.25, 0.3) is 11.8 Å². The Balaban J connectivity index is 1.41. The predicted molar refractivity (Wildman–Crippen MR) is 123 cm³/mol. The number of amides is 2. The lowest BCUT2D eigenvalue weighted by Gasteiger charge is -2.19. The maximum atomic E-state index is 12.2. The van der Waals surface area contributed by atoms with Crippen LogP contribution < -0.4 is 20.3 Å². The fourth-order valence-corrected chi connectivity index (χ4v) is 2.88. The number of hydrogen-bond donors (Lipinski definition) is 2. The van der Waals surface area contributed by atoms with Crippen LogP contribution in [0.5, 0.6) is 11.5 Å². The SMILES string of the molecule is CC(C)(C)c1ccc(OCC(=O)NNC(=O)c2ccc(OCc3ccccc3)cc2)cc1. The molecule has 3 aromatic rings. The van der Waals surface area contributed by atoms with E-state index in [9.17, 15) is 9.59 Å². The van der Waals surface area contributed by atoms with Gasteiger partial charge in [0, 0.05) is 5.56 Å². The summed E-state index contributed by atoms with van der Waals surface area (Å²) in [5.74, 6) is 0.356. The summed E-state index contributed by atoms with van der Waals surface area (Å²) >= 11 is 0. The molecule has 0 spiro atoms. The van der Waals surface area contributed by atoms with Gasteiger partial charge in [-0.2, -0.15) is 0 Å². The maximum Gasteiger partial charge on any atom is 0.276 e. The van der Waals surface area contributed by atoms with Gasteiger partial charge in [-0.15, -0.1) is 0 Å². The van der Waals surface area contributed by atoms with Crippen molar-refractivity contribution in [2.75, 3.05) is 6.61 Å². The Kier molecular flexibility index (Phi) is 7.49. The summed E-state index contributed by atoms with van der Waals surface area (Å²) in [6.45, 7) is 6.63. The van der Waals surface area contributed by atoms with Gasteiger partial charge in [-0.05, 0) is 52.9 Å². The molecular formula is C26H28N2O4. The van der Waals surface area contributed by atoms with Crippen LogP contribution >= 0.6 is 0 Å². The van der Waals surface area contributed by atoms with E-state index in [2.05, 4.69) is 31.6 Å². The third-order valence-electron chi connectivity index (χ3n) is 4.77. The minimum Gasteiger partial charge on any atom is -0.489 e. The molecule has 0 saturated carbocycles. The normalized spacial score (nSPS) is 10.8. The molecule has 0 atom stereocenters. The highest BCUT2D eigenvalue weighted by atomic mass is 16.5. The average Bonchev–Trinajstić information content (AvgIpc) is 2.80. The molecule has 3 aromatic carbocycles. The molecule has 0 aromatic heterocycles. The zero-order chi connectivity index (χ0) is 23.0. The van der Waals surface area contributed by atoms with Crippen LogP contribution in [-0.4, -0.2) is 18.4 Å². The van der Waals surface area contributed by atoms with Crippen LogP contribution in [0.25, 0.3) is 0 Å². The fraction of sp³-hybridized carbons (Fsp3) is 0.231. The zero-order valence-electron chi connectivity index (χ0n) is 18.6. The van der Waals surface area contributed by atoms with Crippen molar-refractivity contribution in [3.63, 3.8) is 0 Å². The van der Waals surface area contributed by atoms with Gasteiger partial charge in [-0.3, -0.25) is 20.4 Å². The van der Waals surface area contributed by atoms with Crippen LogP contribution in [0.1, 0.15) is 42.3 Å². The molecule has 0 radical (unpaired) electrons. The van der Waals surface area contributed by atoms with E-state index in [1.165, 1.54) is 5.56 Å². The minimum atomic E-state index is -0.457. The van der Waals surface area contributed by atoms with Crippen molar-refractivity contribution in [3.05, 3.63) is 95.6 Å². The maximum absolute atomic E-state index is 12.2. The number of rotatable bonds is 7. The quantitative estimate of drug-likeness (QED) is 0.543. The van der Waals surface area contributed by atoms with Gasteiger partial charge in [0.1, 0.15) is 18.1 Å². The number of hydrogen-bond acceptors (Lipinski definition) is 4. The third kappa shape index (κ3) is 6.87. The Bertz CT molecular complexity index is 1020. The highest BCUT2D eigenvalue weighted by Crippen LogP contribution is 2.24. The van der Waals surface area contributed by atoms with Gasteiger partial charge in [-0.25, -0.2) is 0 Å². The summed E-state index contributed by atoms with van der Waals surface area (Å²) in [7, 11) is 0. The molecule has 0 fully saturated rings. The highest BCUT2D eigenvalue weighted by molar-refractivity contribution is 5.95. The first kappa shape index (κ1) is 22.9. The van der Waals surface area contributed by atoms with Gasteiger partial charge >= 0.3 is 0 Å². The fourth-order valence-electron chi connectivity index (χ4n) is 2.88. The van der Waals surface area contributed by atoms with Crippen LogP contribution in [0.4, 0.5) is 0 Å². The van der Waals surface area contributed by atoms with Crippen LogP contribution in [0.3, 0.4) is 0 Å². The number of nitrogens with one attached hydrogen (secondary N) is 2. The molecule has 0 aliphatic carbocycles. The largest absolute Gasteiger partial charge is 0.489 e. The van der Waals surface area contributed by atoms with Crippen molar-refractivity contribution in [3.8, 4) is 11.5 Å². The molecule has 2 N–H and O–H groups in total. The molecular weight excluding hydrogens is 404 g/mol. The Hall–Kier alpha value is -3.80. The van der Waals surface area contributed by atoms with Crippen molar-refractivity contribution in [1.82, 2.24) is 10.9 Å². The molecule has 3 rings (SSSR count). The van der Waals surface area contributed by atoms with E-state index in [-0.39, 0.29) is 12.0 Å². The second-order valence-electron chi connectivity index (χ2n) is 8.36. The summed E-state index contributed by atoms with van der Waals surface area (Å²) in [5.41, 5.74) is 7.42. The van der Waals surface area contributed by atoms with Gasteiger partial charge in [-0.1, -0.05) is 63.2 Å². The van der Waals surface area contributed by atoms with E-state index >= 15 is 0 Å². The first-order valence-electron chi connectivity index (χ1n) is 10.4. The second-order valence-corrected chi connectivity index (χ2v) is 8.36. The Morgan fingerprint density at radius 2 is 1.34 bits per heavy atom. The smallest absolute Gasteiger partial charge is 0.276 e. The van der Waals surface area contributed by atoms with Gasteiger partial charge in [0.2, 0.25) is 0 Å². The first-order valence-corrected chi connectivity index (χ1v) is 10.4. The number of ether oxygens (including phenoxy) is 2. The van der Waals surface area contributed by atoms with Crippen molar-refractivity contribution < 1.29 is 19.1 Å². The van der Waals surface area contributed by atoms with Crippen LogP contribution in [0.15, 0.2) is 78.9 Å². The van der Waals surface area contributed by atoms with E-state index in [1.54, 1.807) is 24.3 Å². The molecule has 0 heterocycles. The first-order chi connectivity index (χ1) is 15.3. The lowest BCUT2D eigenvalue weighted by atomic mass is 9.87.